The Bertz CT molecular complexity index is 1460. The van der Waals surface area contributed by atoms with Gasteiger partial charge < -0.3 is 14.7 Å². The van der Waals surface area contributed by atoms with E-state index in [1.165, 1.54) is 0 Å². The standard InChI is InChI=1S/C27H33N5O6S/c1-38-17-18-10-13-31(14-11-18)22-16-21(27(35)30-39(36,37)15-12-23(33)34)28-26-24(22)25(19-6-5-7-19)29-32(26)20-8-3-2-4-9-20/h2-4,8-9,16,18-19H,5-7,10-15,17H2,1H3,(H,30,35)(H,33,34). The third kappa shape index (κ3) is 5.91. The van der Waals surface area contributed by atoms with Gasteiger partial charge in [0.05, 0.1) is 34.6 Å². The molecule has 0 radical (unpaired) electrons. The van der Waals surface area contributed by atoms with E-state index in [4.69, 9.17) is 14.9 Å². The van der Waals surface area contributed by atoms with Gasteiger partial charge in [-0.2, -0.15) is 5.10 Å². The van der Waals surface area contributed by atoms with E-state index in [0.29, 0.717) is 24.1 Å². The summed E-state index contributed by atoms with van der Waals surface area (Å²) in [6, 6.07) is 11.2. The van der Waals surface area contributed by atoms with Crippen LogP contribution < -0.4 is 9.62 Å². The number of hydrogen-bond donors (Lipinski definition) is 2. The summed E-state index contributed by atoms with van der Waals surface area (Å²) in [5.74, 6) is -2.13. The number of rotatable bonds is 10. The van der Waals surface area contributed by atoms with Crippen LogP contribution in [0.5, 0.6) is 0 Å². The van der Waals surface area contributed by atoms with Crippen molar-refractivity contribution in [3.63, 3.8) is 0 Å². The van der Waals surface area contributed by atoms with Gasteiger partial charge in [-0.3, -0.25) is 9.59 Å². The first-order valence-electron chi connectivity index (χ1n) is 13.3. The number of pyridine rings is 1. The summed E-state index contributed by atoms with van der Waals surface area (Å²) < 4.78 is 34.0. The molecule has 12 heteroatoms. The largest absolute Gasteiger partial charge is 0.481 e. The fourth-order valence-electron chi connectivity index (χ4n) is 5.25. The molecule has 39 heavy (non-hydrogen) atoms. The predicted octanol–water partition coefficient (Wildman–Crippen LogP) is 3.09. The van der Waals surface area contributed by atoms with Crippen LogP contribution in [0.1, 0.15) is 60.6 Å². The maximum absolute atomic E-state index is 13.2. The highest BCUT2D eigenvalue weighted by atomic mass is 32.2. The predicted molar refractivity (Wildman–Crippen MR) is 146 cm³/mol. The fraction of sp³-hybridized carbons (Fsp3) is 0.481. The second kappa shape index (κ2) is 11.3. The minimum absolute atomic E-state index is 0.0624. The number of carbonyl (C=O) groups excluding carboxylic acids is 1. The number of carbonyl (C=O) groups is 2. The SMILES string of the molecule is COCC1CCN(c2cc(C(=O)NS(=O)(=O)CCC(=O)O)nc3c2c(C2CCC2)nn3-c2ccccc2)CC1. The zero-order valence-corrected chi connectivity index (χ0v) is 22.7. The lowest BCUT2D eigenvalue weighted by Gasteiger charge is -2.34. The number of anilines is 1. The maximum atomic E-state index is 13.2. The number of para-hydroxylation sites is 1. The van der Waals surface area contributed by atoms with E-state index in [-0.39, 0.29) is 5.69 Å². The van der Waals surface area contributed by atoms with E-state index in [0.717, 1.165) is 67.6 Å². The first kappa shape index (κ1) is 27.1. The Balaban J connectivity index is 1.61. The lowest BCUT2D eigenvalue weighted by Crippen LogP contribution is -2.36. The number of sulfonamides is 1. The van der Waals surface area contributed by atoms with Crippen molar-refractivity contribution < 1.29 is 27.9 Å². The van der Waals surface area contributed by atoms with Gasteiger partial charge in [0, 0.05) is 32.7 Å². The Morgan fingerprint density at radius 1 is 1.13 bits per heavy atom. The topological polar surface area (TPSA) is 144 Å². The molecule has 0 spiro atoms. The quantitative estimate of drug-likeness (QED) is 0.386. The lowest BCUT2D eigenvalue weighted by molar-refractivity contribution is -0.136. The fourth-order valence-corrected chi connectivity index (χ4v) is 6.18. The minimum Gasteiger partial charge on any atom is -0.481 e. The Morgan fingerprint density at radius 3 is 2.46 bits per heavy atom. The van der Waals surface area contributed by atoms with E-state index < -0.39 is 34.1 Å². The molecule has 2 fully saturated rings. The van der Waals surface area contributed by atoms with Crippen molar-refractivity contribution in [1.82, 2.24) is 19.5 Å². The number of ether oxygens (including phenoxy) is 1. The Hall–Kier alpha value is -3.51. The van der Waals surface area contributed by atoms with Crippen LogP contribution in [0.25, 0.3) is 16.7 Å². The summed E-state index contributed by atoms with van der Waals surface area (Å²) in [6.07, 6.45) is 4.43. The minimum atomic E-state index is -4.16. The molecular weight excluding hydrogens is 522 g/mol. The Labute approximate surface area is 227 Å². The molecule has 1 saturated carbocycles. The monoisotopic (exact) mass is 555 g/mol. The third-order valence-corrected chi connectivity index (χ3v) is 8.80. The number of aliphatic carboxylic acids is 1. The van der Waals surface area contributed by atoms with Gasteiger partial charge in [0.15, 0.2) is 5.65 Å². The number of benzene rings is 1. The van der Waals surface area contributed by atoms with E-state index in [1.54, 1.807) is 17.9 Å². The van der Waals surface area contributed by atoms with Gasteiger partial charge in [-0.05, 0) is 49.8 Å². The van der Waals surface area contributed by atoms with E-state index in [1.807, 2.05) is 35.1 Å². The highest BCUT2D eigenvalue weighted by Gasteiger charge is 2.32. The van der Waals surface area contributed by atoms with Crippen LogP contribution in [0.2, 0.25) is 0 Å². The molecule has 1 saturated heterocycles. The summed E-state index contributed by atoms with van der Waals surface area (Å²) in [5, 5.41) is 14.8. The van der Waals surface area contributed by atoms with Crippen LogP contribution in [0, 0.1) is 5.92 Å². The van der Waals surface area contributed by atoms with E-state index in [2.05, 4.69) is 9.88 Å². The molecule has 0 unspecified atom stereocenters. The highest BCUT2D eigenvalue weighted by Crippen LogP contribution is 2.43. The second-order valence-corrected chi connectivity index (χ2v) is 12.1. The smallest absolute Gasteiger partial charge is 0.304 e. The zero-order chi connectivity index (χ0) is 27.6. The zero-order valence-electron chi connectivity index (χ0n) is 21.9. The number of fused-ring (bicyclic) bond motifs is 1. The average Bonchev–Trinajstić information content (AvgIpc) is 3.26. The summed E-state index contributed by atoms with van der Waals surface area (Å²) in [5.41, 5.74) is 2.98. The van der Waals surface area contributed by atoms with Crippen molar-refractivity contribution in [2.75, 3.05) is 37.5 Å². The van der Waals surface area contributed by atoms with Gasteiger partial charge in [-0.1, -0.05) is 24.6 Å². The summed E-state index contributed by atoms with van der Waals surface area (Å²) in [7, 11) is -2.46. The van der Waals surface area contributed by atoms with Crippen LogP contribution in [0.4, 0.5) is 5.69 Å². The molecule has 208 valence electrons. The molecule has 1 amide bonds. The summed E-state index contributed by atoms with van der Waals surface area (Å²) in [4.78, 5) is 31.0. The molecular formula is C27H33N5O6S. The molecule has 0 bridgehead atoms. The Morgan fingerprint density at radius 2 is 1.85 bits per heavy atom. The van der Waals surface area contributed by atoms with Crippen molar-refractivity contribution in [1.29, 1.82) is 0 Å². The molecule has 3 heterocycles. The maximum Gasteiger partial charge on any atom is 0.304 e. The highest BCUT2D eigenvalue weighted by molar-refractivity contribution is 7.90. The van der Waals surface area contributed by atoms with Crippen LogP contribution in [0.15, 0.2) is 36.4 Å². The number of piperidine rings is 1. The normalized spacial score (nSPS) is 16.8. The number of hydrogen-bond acceptors (Lipinski definition) is 8. The number of carboxylic acids is 1. The molecule has 2 aliphatic rings. The molecule has 0 atom stereocenters. The lowest BCUT2D eigenvalue weighted by atomic mass is 9.82. The van der Waals surface area contributed by atoms with Crippen molar-refractivity contribution in [3.8, 4) is 5.69 Å². The molecule has 11 nitrogen and oxygen atoms in total. The first-order valence-corrected chi connectivity index (χ1v) is 14.9. The van der Waals surface area contributed by atoms with Crippen LogP contribution in [-0.2, 0) is 19.6 Å². The molecule has 2 N–H and O–H groups in total. The number of aromatic nitrogens is 3. The van der Waals surface area contributed by atoms with E-state index >= 15 is 0 Å². The molecule has 3 aromatic rings. The van der Waals surface area contributed by atoms with Crippen molar-refractivity contribution >= 4 is 38.6 Å². The third-order valence-electron chi connectivity index (χ3n) is 7.56. The van der Waals surface area contributed by atoms with Crippen molar-refractivity contribution in [3.05, 3.63) is 47.8 Å². The average molecular weight is 556 g/mol. The number of amides is 1. The van der Waals surface area contributed by atoms with Crippen LogP contribution in [-0.4, -0.2) is 72.7 Å². The Kier molecular flexibility index (Phi) is 7.85. The number of carboxylic acid groups (broad SMARTS) is 1. The molecule has 2 aromatic heterocycles. The number of nitrogens with zero attached hydrogens (tertiary/aromatic N) is 4. The second-order valence-electron chi connectivity index (χ2n) is 10.3. The molecule has 1 aliphatic carbocycles. The molecule has 1 aromatic carbocycles. The number of methoxy groups -OCH3 is 1. The van der Waals surface area contributed by atoms with Crippen molar-refractivity contribution in [2.24, 2.45) is 5.92 Å². The van der Waals surface area contributed by atoms with Gasteiger partial charge in [-0.15, -0.1) is 0 Å². The van der Waals surface area contributed by atoms with E-state index in [9.17, 15) is 18.0 Å². The molecule has 1 aliphatic heterocycles. The first-order chi connectivity index (χ1) is 18.8. The van der Waals surface area contributed by atoms with Crippen LogP contribution in [0.3, 0.4) is 0 Å². The van der Waals surface area contributed by atoms with Gasteiger partial charge in [0.2, 0.25) is 10.0 Å². The summed E-state index contributed by atoms with van der Waals surface area (Å²) >= 11 is 0. The van der Waals surface area contributed by atoms with Gasteiger partial charge in [0.25, 0.3) is 5.91 Å². The number of nitrogens with one attached hydrogen (secondary N) is 1. The van der Waals surface area contributed by atoms with Crippen LogP contribution >= 0.6 is 0 Å². The van der Waals surface area contributed by atoms with Gasteiger partial charge in [0.1, 0.15) is 5.69 Å². The van der Waals surface area contributed by atoms with Crippen molar-refractivity contribution in [2.45, 2.75) is 44.4 Å². The molecule has 5 rings (SSSR count). The summed E-state index contributed by atoms with van der Waals surface area (Å²) in [6.45, 7) is 2.21. The van der Waals surface area contributed by atoms with Gasteiger partial charge in [-0.25, -0.2) is 22.8 Å². The van der Waals surface area contributed by atoms with Gasteiger partial charge >= 0.3 is 5.97 Å².